The van der Waals surface area contributed by atoms with E-state index in [0.29, 0.717) is 0 Å². The molecule has 1 rings (SSSR count). The molecule has 2 nitrogen and oxygen atoms in total. The van der Waals surface area contributed by atoms with Gasteiger partial charge in [0, 0.05) is 12.6 Å². The molecule has 0 aliphatic rings. The number of thioether (sulfide) groups is 1. The SMILES string of the molecule is CCC#Cc1cnc(SC)nc1C. The van der Waals surface area contributed by atoms with Gasteiger partial charge in [0.15, 0.2) is 5.16 Å². The summed E-state index contributed by atoms with van der Waals surface area (Å²) in [5.74, 6) is 6.04. The Hall–Kier alpha value is -1.01. The summed E-state index contributed by atoms with van der Waals surface area (Å²) in [7, 11) is 0. The van der Waals surface area contributed by atoms with Crippen LogP contribution in [0.5, 0.6) is 0 Å². The summed E-state index contributed by atoms with van der Waals surface area (Å²) in [4.78, 5) is 8.45. The third-order valence-electron chi connectivity index (χ3n) is 1.54. The van der Waals surface area contributed by atoms with Crippen LogP contribution in [0.4, 0.5) is 0 Å². The van der Waals surface area contributed by atoms with Crippen LogP contribution in [-0.2, 0) is 0 Å². The molecular formula is C10H12N2S. The van der Waals surface area contributed by atoms with E-state index in [1.807, 2.05) is 20.1 Å². The van der Waals surface area contributed by atoms with Crippen molar-refractivity contribution in [1.82, 2.24) is 9.97 Å². The van der Waals surface area contributed by atoms with Gasteiger partial charge in [-0.3, -0.25) is 0 Å². The Bertz CT molecular complexity index is 350. The highest BCUT2D eigenvalue weighted by Crippen LogP contribution is 2.10. The monoisotopic (exact) mass is 192 g/mol. The molecule has 1 aromatic rings. The molecule has 0 spiro atoms. The summed E-state index contributed by atoms with van der Waals surface area (Å²) in [6, 6.07) is 0. The zero-order valence-corrected chi connectivity index (χ0v) is 8.90. The van der Waals surface area contributed by atoms with Gasteiger partial charge in [0.2, 0.25) is 0 Å². The van der Waals surface area contributed by atoms with Crippen LogP contribution in [0.25, 0.3) is 0 Å². The average Bonchev–Trinajstić information content (AvgIpc) is 2.16. The van der Waals surface area contributed by atoms with E-state index in [2.05, 4.69) is 21.8 Å². The number of nitrogens with zero attached hydrogens (tertiary/aromatic N) is 2. The van der Waals surface area contributed by atoms with Gasteiger partial charge in [0.1, 0.15) is 0 Å². The van der Waals surface area contributed by atoms with Crippen LogP contribution in [0, 0.1) is 18.8 Å². The molecule has 0 saturated heterocycles. The van der Waals surface area contributed by atoms with Crippen LogP contribution in [0.3, 0.4) is 0 Å². The number of aryl methyl sites for hydroxylation is 1. The van der Waals surface area contributed by atoms with E-state index >= 15 is 0 Å². The van der Waals surface area contributed by atoms with Gasteiger partial charge in [-0.1, -0.05) is 30.5 Å². The number of hydrogen-bond donors (Lipinski definition) is 0. The minimum Gasteiger partial charge on any atom is -0.230 e. The zero-order valence-electron chi connectivity index (χ0n) is 8.09. The maximum absolute atomic E-state index is 4.29. The first-order valence-corrected chi connectivity index (χ1v) is 5.37. The smallest absolute Gasteiger partial charge is 0.187 e. The molecule has 0 N–H and O–H groups in total. The minimum atomic E-state index is 0.805. The van der Waals surface area contributed by atoms with Crippen molar-refractivity contribution in [3.05, 3.63) is 17.5 Å². The highest BCUT2D eigenvalue weighted by atomic mass is 32.2. The molecule has 0 aliphatic heterocycles. The lowest BCUT2D eigenvalue weighted by Crippen LogP contribution is -1.92. The molecule has 0 aliphatic carbocycles. The summed E-state index contributed by atoms with van der Waals surface area (Å²) in [5, 5.41) is 0.805. The van der Waals surface area contributed by atoms with E-state index in [1.165, 1.54) is 0 Å². The Morgan fingerprint density at radius 2 is 2.31 bits per heavy atom. The Morgan fingerprint density at radius 3 is 2.85 bits per heavy atom. The maximum atomic E-state index is 4.29. The molecule has 3 heteroatoms. The van der Waals surface area contributed by atoms with Crippen molar-refractivity contribution in [2.24, 2.45) is 0 Å². The lowest BCUT2D eigenvalue weighted by molar-refractivity contribution is 0.928. The van der Waals surface area contributed by atoms with E-state index in [-0.39, 0.29) is 0 Å². The fourth-order valence-corrected chi connectivity index (χ4v) is 1.24. The van der Waals surface area contributed by atoms with Gasteiger partial charge >= 0.3 is 0 Å². The summed E-state index contributed by atoms with van der Waals surface area (Å²) in [5.41, 5.74) is 1.89. The number of hydrogen-bond acceptors (Lipinski definition) is 3. The van der Waals surface area contributed by atoms with Crippen molar-refractivity contribution >= 4 is 11.8 Å². The van der Waals surface area contributed by atoms with Crippen LogP contribution in [0.1, 0.15) is 24.6 Å². The molecule has 0 saturated carbocycles. The highest BCUT2D eigenvalue weighted by molar-refractivity contribution is 7.98. The first-order chi connectivity index (χ1) is 6.27. The predicted octanol–water partition coefficient (Wildman–Crippen LogP) is 2.27. The van der Waals surface area contributed by atoms with Crippen LogP contribution in [0.2, 0.25) is 0 Å². The lowest BCUT2D eigenvalue weighted by Gasteiger charge is -1.98. The second-order valence-corrected chi connectivity index (χ2v) is 3.28. The van der Waals surface area contributed by atoms with Gasteiger partial charge in [-0.05, 0) is 13.2 Å². The maximum Gasteiger partial charge on any atom is 0.187 e. The van der Waals surface area contributed by atoms with Crippen LogP contribution < -0.4 is 0 Å². The topological polar surface area (TPSA) is 25.8 Å². The van der Waals surface area contributed by atoms with E-state index in [4.69, 9.17) is 0 Å². The quantitative estimate of drug-likeness (QED) is 0.388. The first-order valence-electron chi connectivity index (χ1n) is 4.14. The van der Waals surface area contributed by atoms with Crippen LogP contribution in [-0.4, -0.2) is 16.2 Å². The number of aromatic nitrogens is 2. The second kappa shape index (κ2) is 4.88. The Morgan fingerprint density at radius 1 is 1.54 bits per heavy atom. The van der Waals surface area contributed by atoms with Gasteiger partial charge < -0.3 is 0 Å². The summed E-state index contributed by atoms with van der Waals surface area (Å²) in [6.07, 6.45) is 4.62. The molecule has 1 aromatic heterocycles. The lowest BCUT2D eigenvalue weighted by atomic mass is 10.2. The zero-order chi connectivity index (χ0) is 9.68. The van der Waals surface area contributed by atoms with Crippen molar-refractivity contribution in [3.8, 4) is 11.8 Å². The van der Waals surface area contributed by atoms with Crippen LogP contribution >= 0.6 is 11.8 Å². The van der Waals surface area contributed by atoms with Gasteiger partial charge in [-0.15, -0.1) is 0 Å². The van der Waals surface area contributed by atoms with E-state index in [9.17, 15) is 0 Å². The molecule has 1 heterocycles. The van der Waals surface area contributed by atoms with Crippen molar-refractivity contribution in [3.63, 3.8) is 0 Å². The normalized spacial score (nSPS) is 9.15. The van der Waals surface area contributed by atoms with Crippen molar-refractivity contribution in [2.75, 3.05) is 6.26 Å². The van der Waals surface area contributed by atoms with E-state index < -0.39 is 0 Å². The van der Waals surface area contributed by atoms with Gasteiger partial charge in [-0.25, -0.2) is 9.97 Å². The molecule has 13 heavy (non-hydrogen) atoms. The fourth-order valence-electron chi connectivity index (χ4n) is 0.850. The molecule has 68 valence electrons. The Labute approximate surface area is 83.2 Å². The van der Waals surface area contributed by atoms with E-state index in [0.717, 1.165) is 22.8 Å². The van der Waals surface area contributed by atoms with Crippen LogP contribution in [0.15, 0.2) is 11.4 Å². The Balaban J connectivity index is 2.98. The fraction of sp³-hybridized carbons (Fsp3) is 0.400. The predicted molar refractivity (Wildman–Crippen MR) is 55.7 cm³/mol. The van der Waals surface area contributed by atoms with Gasteiger partial charge in [0.05, 0.1) is 11.3 Å². The van der Waals surface area contributed by atoms with Gasteiger partial charge in [-0.2, -0.15) is 0 Å². The van der Waals surface area contributed by atoms with Crippen molar-refractivity contribution in [1.29, 1.82) is 0 Å². The third-order valence-corrected chi connectivity index (χ3v) is 2.10. The Kier molecular flexibility index (Phi) is 3.78. The molecule has 0 radical (unpaired) electrons. The highest BCUT2D eigenvalue weighted by Gasteiger charge is 1.98. The third kappa shape index (κ3) is 2.74. The molecule has 0 atom stereocenters. The first kappa shape index (κ1) is 10.1. The average molecular weight is 192 g/mol. The van der Waals surface area contributed by atoms with E-state index in [1.54, 1.807) is 18.0 Å². The van der Waals surface area contributed by atoms with Crippen molar-refractivity contribution < 1.29 is 0 Å². The molecule has 0 bridgehead atoms. The number of rotatable bonds is 1. The van der Waals surface area contributed by atoms with Gasteiger partial charge in [0.25, 0.3) is 0 Å². The molecule has 0 aromatic carbocycles. The molecular weight excluding hydrogens is 180 g/mol. The largest absolute Gasteiger partial charge is 0.230 e. The van der Waals surface area contributed by atoms with Crippen molar-refractivity contribution in [2.45, 2.75) is 25.4 Å². The summed E-state index contributed by atoms with van der Waals surface area (Å²) in [6.45, 7) is 3.99. The molecule has 0 fully saturated rings. The summed E-state index contributed by atoms with van der Waals surface area (Å²) >= 11 is 1.55. The standard InChI is InChI=1S/C10H12N2S/c1-4-5-6-9-7-11-10(13-3)12-8(9)2/h7H,4H2,1-3H3. The second-order valence-electron chi connectivity index (χ2n) is 2.51. The summed E-state index contributed by atoms with van der Waals surface area (Å²) < 4.78 is 0. The molecule has 0 amide bonds. The molecule has 0 unspecified atom stereocenters. The minimum absolute atomic E-state index is 0.805.